The molecule has 22 heavy (non-hydrogen) atoms. The van der Waals surface area contributed by atoms with Crippen LogP contribution in [-0.2, 0) is 12.7 Å². The number of hydrogen-bond donors (Lipinski definition) is 1. The van der Waals surface area contributed by atoms with Gasteiger partial charge in [-0.15, -0.1) is 0 Å². The maximum Gasteiger partial charge on any atom is 0.416 e. The molecule has 0 aliphatic heterocycles. The molecule has 1 N–H and O–H groups in total. The van der Waals surface area contributed by atoms with Crippen LogP contribution in [-0.4, -0.2) is 5.11 Å². The molecule has 0 saturated heterocycles. The van der Waals surface area contributed by atoms with Crippen LogP contribution in [0.1, 0.15) is 11.1 Å². The van der Waals surface area contributed by atoms with E-state index >= 15 is 0 Å². The van der Waals surface area contributed by atoms with Crippen LogP contribution in [0, 0.1) is 0 Å². The minimum absolute atomic E-state index is 0.0184. The highest BCUT2D eigenvalue weighted by atomic mass is 35.5. The molecule has 8 heteroatoms. The van der Waals surface area contributed by atoms with Crippen LogP contribution in [0.3, 0.4) is 0 Å². The summed E-state index contributed by atoms with van der Waals surface area (Å²) < 4.78 is 37.8. The molecule has 2 aromatic carbocycles. The number of rotatable bonds is 3. The van der Waals surface area contributed by atoms with Crippen LogP contribution in [0.4, 0.5) is 18.9 Å². The maximum absolute atomic E-state index is 12.6. The highest BCUT2D eigenvalue weighted by Crippen LogP contribution is 2.40. The maximum atomic E-state index is 12.6. The summed E-state index contributed by atoms with van der Waals surface area (Å²) in [6.45, 7) is 0.175. The molecular weight excluding hydrogens is 340 g/mol. The van der Waals surface area contributed by atoms with E-state index in [0.29, 0.717) is 0 Å². The molecule has 3 nitrogen and oxygen atoms in total. The fourth-order valence-corrected chi connectivity index (χ4v) is 2.18. The van der Waals surface area contributed by atoms with E-state index in [1.165, 1.54) is 12.1 Å². The number of azo groups is 1. The van der Waals surface area contributed by atoms with Crippen molar-refractivity contribution in [2.75, 3.05) is 0 Å². The van der Waals surface area contributed by atoms with Crippen LogP contribution in [0.2, 0.25) is 10.0 Å². The fourth-order valence-electron chi connectivity index (χ4n) is 1.61. The Hall–Kier alpha value is -1.79. The van der Waals surface area contributed by atoms with Gasteiger partial charge in [-0.1, -0.05) is 35.3 Å². The van der Waals surface area contributed by atoms with Crippen LogP contribution in [0.25, 0.3) is 0 Å². The summed E-state index contributed by atoms with van der Waals surface area (Å²) in [5, 5.41) is 16.3. The topological polar surface area (TPSA) is 45.0 Å². The van der Waals surface area contributed by atoms with Crippen molar-refractivity contribution in [1.82, 2.24) is 0 Å². The molecule has 0 fully saturated rings. The lowest BCUT2D eigenvalue weighted by atomic mass is 10.2. The minimum atomic E-state index is -4.53. The van der Waals surface area contributed by atoms with Gasteiger partial charge in [-0.3, -0.25) is 0 Å². The zero-order valence-electron chi connectivity index (χ0n) is 10.9. The number of phenolic OH excluding ortho intramolecular Hbond substituents is 1. The predicted octanol–water partition coefficient (Wildman–Crippen LogP) is 6.00. The average molecular weight is 349 g/mol. The molecule has 0 unspecified atom stereocenters. The van der Waals surface area contributed by atoms with Crippen molar-refractivity contribution >= 4 is 28.9 Å². The Balaban J connectivity index is 2.19. The van der Waals surface area contributed by atoms with Gasteiger partial charge in [0.15, 0.2) is 0 Å². The zero-order valence-corrected chi connectivity index (χ0v) is 12.4. The van der Waals surface area contributed by atoms with Gasteiger partial charge in [-0.25, -0.2) is 0 Å². The standard InChI is InChI=1S/C14H9Cl2F3N2O/c15-11-5-9(14(17,18)19)6-12(16)13(11)21-20-7-8-1-3-10(22)4-2-8/h1-6,22H,7H2. The van der Waals surface area contributed by atoms with Crippen molar-refractivity contribution in [1.29, 1.82) is 0 Å². The summed E-state index contributed by atoms with van der Waals surface area (Å²) >= 11 is 11.5. The molecule has 2 rings (SSSR count). The van der Waals surface area contributed by atoms with Gasteiger partial charge in [0.25, 0.3) is 0 Å². The van der Waals surface area contributed by atoms with Crippen molar-refractivity contribution in [3.8, 4) is 5.75 Å². The minimum Gasteiger partial charge on any atom is -0.508 e. The van der Waals surface area contributed by atoms with Crippen LogP contribution in [0.15, 0.2) is 46.6 Å². The number of halogens is 5. The molecule has 0 saturated carbocycles. The van der Waals surface area contributed by atoms with Gasteiger partial charge < -0.3 is 5.11 Å². The first kappa shape index (κ1) is 16.6. The second-order valence-corrected chi connectivity index (χ2v) is 5.17. The molecule has 2 aromatic rings. The van der Waals surface area contributed by atoms with E-state index < -0.39 is 11.7 Å². The summed E-state index contributed by atoms with van der Waals surface area (Å²) in [4.78, 5) is 0. The predicted molar refractivity (Wildman–Crippen MR) is 77.8 cm³/mol. The summed E-state index contributed by atoms with van der Waals surface area (Å²) in [5.41, 5.74) is -0.198. The van der Waals surface area contributed by atoms with E-state index in [1.54, 1.807) is 12.1 Å². The smallest absolute Gasteiger partial charge is 0.416 e. The average Bonchev–Trinajstić information content (AvgIpc) is 2.42. The highest BCUT2D eigenvalue weighted by molar-refractivity contribution is 6.38. The normalized spacial score (nSPS) is 12.0. The lowest BCUT2D eigenvalue weighted by Crippen LogP contribution is -2.04. The van der Waals surface area contributed by atoms with Gasteiger partial charge in [0.2, 0.25) is 0 Å². The van der Waals surface area contributed by atoms with E-state index in [0.717, 1.165) is 17.7 Å². The Morgan fingerprint density at radius 3 is 2.05 bits per heavy atom. The Labute approximate surface area is 134 Å². The largest absolute Gasteiger partial charge is 0.508 e. The Kier molecular flexibility index (Phi) is 4.93. The monoisotopic (exact) mass is 348 g/mol. The van der Waals surface area contributed by atoms with Crippen molar-refractivity contribution in [3.63, 3.8) is 0 Å². The van der Waals surface area contributed by atoms with E-state index in [4.69, 9.17) is 28.3 Å². The van der Waals surface area contributed by atoms with Crippen LogP contribution >= 0.6 is 23.2 Å². The summed E-state index contributed by atoms with van der Waals surface area (Å²) in [7, 11) is 0. The van der Waals surface area contributed by atoms with Gasteiger partial charge in [0, 0.05) is 0 Å². The molecule has 0 amide bonds. The molecule has 116 valence electrons. The van der Waals surface area contributed by atoms with E-state index in [-0.39, 0.29) is 28.0 Å². The number of aromatic hydroxyl groups is 1. The summed E-state index contributed by atoms with van der Waals surface area (Å²) in [5.74, 6) is 0.120. The summed E-state index contributed by atoms with van der Waals surface area (Å²) in [6.07, 6.45) is -4.53. The molecule has 0 bridgehead atoms. The molecule has 0 aliphatic carbocycles. The second kappa shape index (κ2) is 6.54. The van der Waals surface area contributed by atoms with Crippen molar-refractivity contribution < 1.29 is 18.3 Å². The van der Waals surface area contributed by atoms with Crippen molar-refractivity contribution in [3.05, 3.63) is 57.6 Å². The van der Waals surface area contributed by atoms with Gasteiger partial charge in [0.05, 0.1) is 22.2 Å². The lowest BCUT2D eigenvalue weighted by Gasteiger charge is -2.09. The SMILES string of the molecule is Oc1ccc(CN=Nc2c(Cl)cc(C(F)(F)F)cc2Cl)cc1. The third-order valence-corrected chi connectivity index (χ3v) is 3.28. The Morgan fingerprint density at radius 2 is 1.55 bits per heavy atom. The first-order valence-corrected chi connectivity index (χ1v) is 6.74. The van der Waals surface area contributed by atoms with Crippen molar-refractivity contribution in [2.24, 2.45) is 10.2 Å². The number of hydrogen-bond acceptors (Lipinski definition) is 3. The Morgan fingerprint density at radius 1 is 1.00 bits per heavy atom. The van der Waals surface area contributed by atoms with Gasteiger partial charge >= 0.3 is 6.18 Å². The fraction of sp³-hybridized carbons (Fsp3) is 0.143. The van der Waals surface area contributed by atoms with E-state index in [1.807, 2.05) is 0 Å². The van der Waals surface area contributed by atoms with Gasteiger partial charge in [-0.05, 0) is 29.8 Å². The van der Waals surface area contributed by atoms with E-state index in [2.05, 4.69) is 10.2 Å². The zero-order chi connectivity index (χ0) is 16.3. The molecule has 0 spiro atoms. The van der Waals surface area contributed by atoms with E-state index in [9.17, 15) is 13.2 Å². The molecular formula is C14H9Cl2F3N2O. The van der Waals surface area contributed by atoms with Gasteiger partial charge in [-0.2, -0.15) is 23.4 Å². The molecule has 0 radical (unpaired) electrons. The number of phenols is 1. The molecule has 0 aromatic heterocycles. The van der Waals surface area contributed by atoms with Crippen LogP contribution in [0.5, 0.6) is 5.75 Å². The first-order chi connectivity index (χ1) is 10.3. The number of nitrogens with zero attached hydrogens (tertiary/aromatic N) is 2. The number of alkyl halides is 3. The van der Waals surface area contributed by atoms with Crippen molar-refractivity contribution in [2.45, 2.75) is 12.7 Å². The Bertz CT molecular complexity index is 677. The third-order valence-electron chi connectivity index (χ3n) is 2.70. The lowest BCUT2D eigenvalue weighted by molar-refractivity contribution is -0.137. The third kappa shape index (κ3) is 4.11. The summed E-state index contributed by atoms with van der Waals surface area (Å²) in [6, 6.07) is 7.77. The second-order valence-electron chi connectivity index (χ2n) is 4.35. The number of benzene rings is 2. The highest BCUT2D eigenvalue weighted by Gasteiger charge is 2.32. The van der Waals surface area contributed by atoms with Gasteiger partial charge in [0.1, 0.15) is 11.4 Å². The van der Waals surface area contributed by atoms with Crippen LogP contribution < -0.4 is 0 Å². The molecule has 0 heterocycles. The first-order valence-electron chi connectivity index (χ1n) is 5.99. The molecule has 0 aliphatic rings. The molecule has 0 atom stereocenters. The quantitative estimate of drug-likeness (QED) is 0.679.